The zero-order valence-corrected chi connectivity index (χ0v) is 19.9. The van der Waals surface area contributed by atoms with Gasteiger partial charge in [0, 0.05) is 21.8 Å². The van der Waals surface area contributed by atoms with Crippen LogP contribution in [0.2, 0.25) is 10.0 Å². The number of hydrogen-bond acceptors (Lipinski definition) is 3. The molecular weight excluding hydrogens is 509 g/mol. The lowest BCUT2D eigenvalue weighted by atomic mass is 10.0. The molecule has 0 saturated heterocycles. The molecule has 0 bridgehead atoms. The van der Waals surface area contributed by atoms with E-state index in [1.807, 2.05) is 72.8 Å². The van der Waals surface area contributed by atoms with Crippen LogP contribution >= 0.6 is 39.1 Å². The van der Waals surface area contributed by atoms with Gasteiger partial charge in [0.25, 0.3) is 0 Å². The van der Waals surface area contributed by atoms with E-state index in [4.69, 9.17) is 27.9 Å². The third kappa shape index (κ3) is 5.71. The minimum atomic E-state index is 0.138. The fraction of sp³-hybridized carbons (Fsp3) is 0.0385. The minimum absolute atomic E-state index is 0.138. The van der Waals surface area contributed by atoms with Gasteiger partial charge in [0.15, 0.2) is 0 Å². The summed E-state index contributed by atoms with van der Waals surface area (Å²) in [6.45, 7) is 0. The molecule has 0 atom stereocenters. The van der Waals surface area contributed by atoms with E-state index >= 15 is 0 Å². The van der Waals surface area contributed by atoms with Crippen molar-refractivity contribution in [3.63, 3.8) is 0 Å². The van der Waals surface area contributed by atoms with E-state index in [0.29, 0.717) is 38.0 Å². The molecule has 4 rings (SSSR count). The maximum absolute atomic E-state index is 10.5. The van der Waals surface area contributed by atoms with Crippen molar-refractivity contribution >= 4 is 51.0 Å². The van der Waals surface area contributed by atoms with Crippen molar-refractivity contribution in [1.82, 2.24) is 0 Å². The first kappa shape index (κ1) is 22.4. The number of aromatic hydroxyl groups is 1. The molecule has 160 valence electrons. The maximum Gasteiger partial charge on any atom is 0.138 e. The van der Waals surface area contributed by atoms with Gasteiger partial charge in [-0.1, -0.05) is 41.4 Å². The van der Waals surface area contributed by atoms with Gasteiger partial charge in [-0.2, -0.15) is 0 Å². The molecule has 0 amide bonds. The van der Waals surface area contributed by atoms with Crippen LogP contribution < -0.4 is 4.74 Å². The molecule has 0 saturated carbocycles. The van der Waals surface area contributed by atoms with E-state index in [-0.39, 0.29) is 5.75 Å². The summed E-state index contributed by atoms with van der Waals surface area (Å²) < 4.78 is 6.41. The van der Waals surface area contributed by atoms with E-state index in [0.717, 1.165) is 16.8 Å². The van der Waals surface area contributed by atoms with Crippen LogP contribution in [0, 0.1) is 0 Å². The van der Waals surface area contributed by atoms with Gasteiger partial charge in [-0.05, 0) is 100 Å². The van der Waals surface area contributed by atoms with E-state index in [1.165, 1.54) is 0 Å². The molecule has 0 unspecified atom stereocenters. The van der Waals surface area contributed by atoms with Crippen LogP contribution in [0.4, 0.5) is 5.69 Å². The van der Waals surface area contributed by atoms with Crippen LogP contribution in [0.3, 0.4) is 0 Å². The number of rotatable bonds is 6. The summed E-state index contributed by atoms with van der Waals surface area (Å²) in [5.41, 5.74) is 3.38. The highest BCUT2D eigenvalue weighted by molar-refractivity contribution is 9.10. The molecule has 0 aliphatic heterocycles. The average Bonchev–Trinajstić information content (AvgIpc) is 2.79. The fourth-order valence-electron chi connectivity index (χ4n) is 3.12. The molecule has 0 aromatic heterocycles. The summed E-state index contributed by atoms with van der Waals surface area (Å²) in [6, 6.07) is 26.1. The first-order valence-electron chi connectivity index (χ1n) is 9.80. The normalized spacial score (nSPS) is 11.1. The van der Waals surface area contributed by atoms with Gasteiger partial charge >= 0.3 is 0 Å². The number of aliphatic imine (C=N–C) groups is 1. The molecule has 1 N–H and O–H groups in total. The van der Waals surface area contributed by atoms with E-state index < -0.39 is 0 Å². The summed E-state index contributed by atoms with van der Waals surface area (Å²) in [5, 5.41) is 11.8. The fourth-order valence-corrected chi connectivity index (χ4v) is 3.98. The quantitative estimate of drug-likeness (QED) is 0.255. The van der Waals surface area contributed by atoms with Crippen LogP contribution in [0.1, 0.15) is 16.7 Å². The lowest BCUT2D eigenvalue weighted by molar-refractivity contribution is 0.471. The average molecular weight is 527 g/mol. The third-order valence-electron chi connectivity index (χ3n) is 4.74. The predicted octanol–water partition coefficient (Wildman–Crippen LogP) is 8.60. The summed E-state index contributed by atoms with van der Waals surface area (Å²) >= 11 is 15.6. The number of ether oxygens (including phenoxy) is 1. The monoisotopic (exact) mass is 525 g/mol. The number of phenolic OH excluding ortho intramolecular Hbond substituents is 1. The first-order valence-corrected chi connectivity index (χ1v) is 11.4. The number of hydrogen-bond donors (Lipinski definition) is 1. The highest BCUT2D eigenvalue weighted by Gasteiger charge is 2.09. The molecule has 0 heterocycles. The van der Waals surface area contributed by atoms with Crippen molar-refractivity contribution < 1.29 is 9.84 Å². The Morgan fingerprint density at radius 1 is 0.875 bits per heavy atom. The standard InChI is InChI=1S/C26H18BrCl2NO2/c27-24-15-17(13-18-3-1-2-4-25(18)29)14-19(26(24)31)16-30-21-7-11-23(12-8-21)32-22-9-5-20(28)6-10-22/h1-12,14-16,31H,13H2. The molecule has 0 fully saturated rings. The molecule has 6 heteroatoms. The van der Waals surface area contributed by atoms with Gasteiger partial charge in [-0.25, -0.2) is 0 Å². The summed E-state index contributed by atoms with van der Waals surface area (Å²) in [6.07, 6.45) is 2.29. The SMILES string of the molecule is Oc1c(Br)cc(Cc2ccccc2Cl)cc1C=Nc1ccc(Oc2ccc(Cl)cc2)cc1. The van der Waals surface area contributed by atoms with Crippen molar-refractivity contribution in [2.24, 2.45) is 4.99 Å². The maximum atomic E-state index is 10.5. The Kier molecular flexibility index (Phi) is 7.15. The largest absolute Gasteiger partial charge is 0.506 e. The van der Waals surface area contributed by atoms with Gasteiger partial charge in [0.05, 0.1) is 10.2 Å². The highest BCUT2D eigenvalue weighted by atomic mass is 79.9. The molecule has 0 radical (unpaired) electrons. The Balaban J connectivity index is 1.50. The lowest BCUT2D eigenvalue weighted by Gasteiger charge is -2.09. The Labute approximate surface area is 205 Å². The van der Waals surface area contributed by atoms with Crippen molar-refractivity contribution in [1.29, 1.82) is 0 Å². The predicted molar refractivity (Wildman–Crippen MR) is 135 cm³/mol. The zero-order chi connectivity index (χ0) is 22.5. The second kappa shape index (κ2) is 10.2. The molecule has 4 aromatic carbocycles. The molecule has 0 aliphatic carbocycles. The molecule has 3 nitrogen and oxygen atoms in total. The first-order chi connectivity index (χ1) is 15.5. The summed E-state index contributed by atoms with van der Waals surface area (Å²) in [5.74, 6) is 1.54. The van der Waals surface area contributed by atoms with Crippen LogP contribution in [-0.2, 0) is 6.42 Å². The second-order valence-corrected chi connectivity index (χ2v) is 8.79. The Morgan fingerprint density at radius 3 is 2.22 bits per heavy atom. The zero-order valence-electron chi connectivity index (χ0n) is 16.8. The van der Waals surface area contributed by atoms with E-state index in [9.17, 15) is 5.11 Å². The van der Waals surface area contributed by atoms with Gasteiger partial charge in [-0.15, -0.1) is 0 Å². The van der Waals surface area contributed by atoms with E-state index in [1.54, 1.807) is 18.3 Å². The Bertz CT molecular complexity index is 1260. The second-order valence-electron chi connectivity index (χ2n) is 7.09. The minimum Gasteiger partial charge on any atom is -0.506 e. The molecule has 4 aromatic rings. The molecule has 0 spiro atoms. The topological polar surface area (TPSA) is 41.8 Å². The van der Waals surface area contributed by atoms with Crippen LogP contribution in [0.15, 0.2) is 94.4 Å². The lowest BCUT2D eigenvalue weighted by Crippen LogP contribution is -1.93. The van der Waals surface area contributed by atoms with Gasteiger partial charge in [0.1, 0.15) is 17.2 Å². The van der Waals surface area contributed by atoms with Crippen molar-refractivity contribution in [3.8, 4) is 17.2 Å². The van der Waals surface area contributed by atoms with Gasteiger partial charge in [-0.3, -0.25) is 4.99 Å². The molecular formula is C26H18BrCl2NO2. The van der Waals surface area contributed by atoms with Crippen LogP contribution in [0.5, 0.6) is 17.2 Å². The number of benzene rings is 4. The molecule has 0 aliphatic rings. The summed E-state index contributed by atoms with van der Waals surface area (Å²) in [4.78, 5) is 4.50. The summed E-state index contributed by atoms with van der Waals surface area (Å²) in [7, 11) is 0. The number of phenols is 1. The Morgan fingerprint density at radius 2 is 1.53 bits per heavy atom. The van der Waals surface area contributed by atoms with Crippen molar-refractivity contribution in [2.45, 2.75) is 6.42 Å². The Hall–Kier alpha value is -2.79. The molecule has 32 heavy (non-hydrogen) atoms. The number of halogens is 3. The van der Waals surface area contributed by atoms with E-state index in [2.05, 4.69) is 20.9 Å². The van der Waals surface area contributed by atoms with Crippen molar-refractivity contribution in [2.75, 3.05) is 0 Å². The van der Waals surface area contributed by atoms with Crippen molar-refractivity contribution in [3.05, 3.63) is 116 Å². The van der Waals surface area contributed by atoms with Gasteiger partial charge < -0.3 is 9.84 Å². The third-order valence-corrected chi connectivity index (χ3v) is 5.97. The van der Waals surface area contributed by atoms with Gasteiger partial charge in [0.2, 0.25) is 0 Å². The number of nitrogens with zero attached hydrogens (tertiary/aromatic N) is 1. The van der Waals surface area contributed by atoms with Crippen LogP contribution in [0.25, 0.3) is 0 Å². The highest BCUT2D eigenvalue weighted by Crippen LogP contribution is 2.31. The van der Waals surface area contributed by atoms with Crippen LogP contribution in [-0.4, -0.2) is 11.3 Å². The smallest absolute Gasteiger partial charge is 0.138 e.